The first-order valence-corrected chi connectivity index (χ1v) is 8.28. The first-order valence-electron chi connectivity index (χ1n) is 8.28. The number of H-pyrrole nitrogens is 1. The molecule has 0 amide bonds. The second-order valence-corrected chi connectivity index (χ2v) is 7.35. The predicted octanol–water partition coefficient (Wildman–Crippen LogP) is 2.61. The number of nitrogens with one attached hydrogen (secondary N) is 1. The van der Waals surface area contributed by atoms with Gasteiger partial charge in [-0.2, -0.15) is 0 Å². The summed E-state index contributed by atoms with van der Waals surface area (Å²) >= 11 is 0. The van der Waals surface area contributed by atoms with Crippen LogP contribution in [0.15, 0.2) is 29.1 Å². The minimum Gasteiger partial charge on any atom is -0.310 e. The SMILES string of the molecule is C#Cc1ccccc1CN1CCc2c(nc(C(C)(C)C)[nH]c2=O)C1. The average molecular weight is 321 g/mol. The molecule has 0 bridgehead atoms. The van der Waals surface area contributed by atoms with Crippen molar-refractivity contribution in [3.8, 4) is 12.3 Å². The number of hydrogen-bond acceptors (Lipinski definition) is 3. The molecule has 0 aliphatic carbocycles. The second kappa shape index (κ2) is 6.26. The highest BCUT2D eigenvalue weighted by atomic mass is 16.1. The highest BCUT2D eigenvalue weighted by Gasteiger charge is 2.25. The van der Waals surface area contributed by atoms with Gasteiger partial charge in [0.1, 0.15) is 5.82 Å². The van der Waals surface area contributed by atoms with E-state index in [1.807, 2.05) is 18.2 Å². The molecule has 0 saturated heterocycles. The zero-order valence-electron chi connectivity index (χ0n) is 14.5. The highest BCUT2D eigenvalue weighted by Crippen LogP contribution is 2.22. The molecule has 0 unspecified atom stereocenters. The van der Waals surface area contributed by atoms with E-state index >= 15 is 0 Å². The van der Waals surface area contributed by atoms with Crippen molar-refractivity contribution in [2.75, 3.05) is 6.54 Å². The van der Waals surface area contributed by atoms with Crippen molar-refractivity contribution in [3.05, 3.63) is 62.8 Å². The number of terminal acetylenes is 1. The van der Waals surface area contributed by atoms with Crippen molar-refractivity contribution >= 4 is 0 Å². The van der Waals surface area contributed by atoms with Crippen LogP contribution in [0.1, 0.15) is 49.0 Å². The molecule has 124 valence electrons. The van der Waals surface area contributed by atoms with Crippen LogP contribution in [0.5, 0.6) is 0 Å². The minimum absolute atomic E-state index is 0.00796. The Balaban J connectivity index is 1.88. The maximum absolute atomic E-state index is 12.4. The van der Waals surface area contributed by atoms with Gasteiger partial charge in [-0.15, -0.1) is 6.42 Å². The Labute approximate surface area is 142 Å². The molecule has 0 radical (unpaired) electrons. The number of benzene rings is 1. The van der Waals surface area contributed by atoms with Crippen LogP contribution in [0.2, 0.25) is 0 Å². The predicted molar refractivity (Wildman–Crippen MR) is 95.8 cm³/mol. The van der Waals surface area contributed by atoms with Gasteiger partial charge in [0.05, 0.1) is 5.69 Å². The van der Waals surface area contributed by atoms with E-state index in [-0.39, 0.29) is 11.0 Å². The van der Waals surface area contributed by atoms with Crippen LogP contribution >= 0.6 is 0 Å². The fourth-order valence-electron chi connectivity index (χ4n) is 3.02. The lowest BCUT2D eigenvalue weighted by Crippen LogP contribution is -2.36. The molecule has 3 rings (SSSR count). The zero-order chi connectivity index (χ0) is 17.3. The van der Waals surface area contributed by atoms with Crippen LogP contribution < -0.4 is 5.56 Å². The van der Waals surface area contributed by atoms with Gasteiger partial charge in [-0.25, -0.2) is 4.98 Å². The molecule has 2 heterocycles. The third-order valence-electron chi connectivity index (χ3n) is 4.43. The van der Waals surface area contributed by atoms with Crippen LogP contribution in [0, 0.1) is 12.3 Å². The molecule has 0 spiro atoms. The van der Waals surface area contributed by atoms with Crippen molar-refractivity contribution in [3.63, 3.8) is 0 Å². The van der Waals surface area contributed by atoms with Crippen molar-refractivity contribution in [1.82, 2.24) is 14.9 Å². The first kappa shape index (κ1) is 16.5. The van der Waals surface area contributed by atoms with Crippen molar-refractivity contribution in [1.29, 1.82) is 0 Å². The summed E-state index contributed by atoms with van der Waals surface area (Å²) in [5.74, 6) is 3.49. The largest absolute Gasteiger partial charge is 0.310 e. The summed E-state index contributed by atoms with van der Waals surface area (Å²) < 4.78 is 0. The van der Waals surface area contributed by atoms with E-state index < -0.39 is 0 Å². The van der Waals surface area contributed by atoms with Crippen molar-refractivity contribution in [2.45, 2.75) is 45.7 Å². The van der Waals surface area contributed by atoms with Gasteiger partial charge in [0, 0.05) is 36.2 Å². The van der Waals surface area contributed by atoms with Gasteiger partial charge < -0.3 is 4.98 Å². The molecule has 0 saturated carbocycles. The van der Waals surface area contributed by atoms with E-state index in [0.29, 0.717) is 6.54 Å². The molecule has 4 heteroatoms. The highest BCUT2D eigenvalue weighted by molar-refractivity contribution is 5.39. The fourth-order valence-corrected chi connectivity index (χ4v) is 3.02. The molecular formula is C20H23N3O. The summed E-state index contributed by atoms with van der Waals surface area (Å²) in [4.78, 5) is 22.3. The number of aromatic nitrogens is 2. The average Bonchev–Trinajstić information content (AvgIpc) is 2.54. The number of rotatable bonds is 2. The van der Waals surface area contributed by atoms with Gasteiger partial charge in [0.25, 0.3) is 5.56 Å². The Hall–Kier alpha value is -2.38. The molecule has 1 aromatic carbocycles. The molecule has 1 aliphatic heterocycles. The van der Waals surface area contributed by atoms with Crippen molar-refractivity contribution < 1.29 is 0 Å². The Kier molecular flexibility index (Phi) is 4.29. The molecule has 2 aromatic rings. The lowest BCUT2D eigenvalue weighted by molar-refractivity contribution is 0.239. The maximum Gasteiger partial charge on any atom is 0.254 e. The van der Waals surface area contributed by atoms with Gasteiger partial charge >= 0.3 is 0 Å². The Morgan fingerprint density at radius 1 is 1.33 bits per heavy atom. The molecular weight excluding hydrogens is 298 g/mol. The number of hydrogen-bond donors (Lipinski definition) is 1. The standard InChI is InChI=1S/C20H23N3O/c1-5-14-8-6-7-9-15(14)12-23-11-10-16-17(13-23)21-19(20(2,3)4)22-18(16)24/h1,6-9H,10-13H2,2-4H3,(H,21,22,24). The van der Waals surface area contributed by atoms with E-state index in [2.05, 4.69) is 42.6 Å². The van der Waals surface area contributed by atoms with Gasteiger partial charge in [-0.1, -0.05) is 44.9 Å². The summed E-state index contributed by atoms with van der Waals surface area (Å²) in [7, 11) is 0. The smallest absolute Gasteiger partial charge is 0.254 e. The van der Waals surface area contributed by atoms with Gasteiger partial charge in [-0.3, -0.25) is 9.69 Å². The Bertz CT molecular complexity index is 852. The lowest BCUT2D eigenvalue weighted by atomic mass is 9.94. The van der Waals surface area contributed by atoms with Crippen molar-refractivity contribution in [2.24, 2.45) is 0 Å². The third kappa shape index (κ3) is 3.27. The van der Waals surface area contributed by atoms with Gasteiger partial charge in [-0.05, 0) is 18.1 Å². The topological polar surface area (TPSA) is 49.0 Å². The van der Waals surface area contributed by atoms with Gasteiger partial charge in [0.2, 0.25) is 0 Å². The molecule has 0 fully saturated rings. The molecule has 4 nitrogen and oxygen atoms in total. The van der Waals surface area contributed by atoms with Crippen LogP contribution in [0.25, 0.3) is 0 Å². The van der Waals surface area contributed by atoms with E-state index in [1.165, 1.54) is 0 Å². The normalized spacial score (nSPS) is 14.9. The summed E-state index contributed by atoms with van der Waals surface area (Å²) in [5.41, 5.74) is 3.63. The van der Waals surface area contributed by atoms with Crippen LogP contribution in [-0.2, 0) is 24.9 Å². The van der Waals surface area contributed by atoms with E-state index in [0.717, 1.165) is 47.7 Å². The number of aromatic amines is 1. The van der Waals surface area contributed by atoms with E-state index in [4.69, 9.17) is 11.4 Å². The summed E-state index contributed by atoms with van der Waals surface area (Å²) in [6.07, 6.45) is 6.32. The monoisotopic (exact) mass is 321 g/mol. The Morgan fingerprint density at radius 2 is 2.08 bits per heavy atom. The minimum atomic E-state index is -0.174. The zero-order valence-corrected chi connectivity index (χ0v) is 14.5. The maximum atomic E-state index is 12.4. The molecule has 1 aliphatic rings. The number of nitrogens with zero attached hydrogens (tertiary/aromatic N) is 2. The molecule has 1 aromatic heterocycles. The third-order valence-corrected chi connectivity index (χ3v) is 4.43. The van der Waals surface area contributed by atoms with Gasteiger partial charge in [0.15, 0.2) is 0 Å². The Morgan fingerprint density at radius 3 is 2.79 bits per heavy atom. The van der Waals surface area contributed by atoms with Crippen LogP contribution in [0.3, 0.4) is 0 Å². The first-order chi connectivity index (χ1) is 11.4. The van der Waals surface area contributed by atoms with E-state index in [9.17, 15) is 4.79 Å². The molecule has 0 atom stereocenters. The summed E-state index contributed by atoms with van der Waals surface area (Å²) in [6, 6.07) is 8.00. The number of fused-ring (bicyclic) bond motifs is 1. The van der Waals surface area contributed by atoms with E-state index in [1.54, 1.807) is 0 Å². The second-order valence-electron chi connectivity index (χ2n) is 7.35. The molecule has 1 N–H and O–H groups in total. The summed E-state index contributed by atoms with van der Waals surface area (Å²) in [5, 5.41) is 0. The van der Waals surface area contributed by atoms with Crippen LogP contribution in [0.4, 0.5) is 0 Å². The summed E-state index contributed by atoms with van der Waals surface area (Å²) in [6.45, 7) is 8.47. The van der Waals surface area contributed by atoms with Crippen LogP contribution in [-0.4, -0.2) is 21.4 Å². The fraction of sp³-hybridized carbons (Fsp3) is 0.400. The quantitative estimate of drug-likeness (QED) is 0.865. The molecule has 24 heavy (non-hydrogen) atoms. The lowest BCUT2D eigenvalue weighted by Gasteiger charge is -2.29.